The quantitative estimate of drug-likeness (QED) is 0.588. The molecule has 23 heavy (non-hydrogen) atoms. The van der Waals surface area contributed by atoms with Gasteiger partial charge in [-0.15, -0.1) is 0 Å². The molecule has 1 aromatic carbocycles. The molecule has 0 aliphatic rings. The number of carbonyl (C=O) groups is 1. The normalized spacial score (nSPS) is 10.7. The van der Waals surface area contributed by atoms with Gasteiger partial charge in [0, 0.05) is 10.0 Å². The highest BCUT2D eigenvalue weighted by atomic mass is 79.9. The van der Waals surface area contributed by atoms with Crippen molar-refractivity contribution in [3.63, 3.8) is 0 Å². The molecule has 2 aromatic rings. The molecule has 1 N–H and O–H groups in total. The van der Waals surface area contributed by atoms with Crippen LogP contribution in [0.25, 0.3) is 0 Å². The number of amides is 1. The Kier molecular flexibility index (Phi) is 6.16. The first-order valence-electron chi connectivity index (χ1n) is 6.98. The number of hydrogen-bond acceptors (Lipinski definition) is 6. The molecular formula is C15H16BrN3O4. The first-order chi connectivity index (χ1) is 11.1. The van der Waals surface area contributed by atoms with E-state index in [1.54, 1.807) is 6.92 Å². The molecule has 7 nitrogen and oxygen atoms in total. The molecule has 0 aliphatic heterocycles. The summed E-state index contributed by atoms with van der Waals surface area (Å²) in [7, 11) is 0. The average molecular weight is 382 g/mol. The van der Waals surface area contributed by atoms with Gasteiger partial charge in [0.15, 0.2) is 0 Å². The predicted octanol–water partition coefficient (Wildman–Crippen LogP) is 3.00. The topological polar surface area (TPSA) is 86.0 Å². The van der Waals surface area contributed by atoms with Crippen LogP contribution in [0.2, 0.25) is 0 Å². The second-order valence-corrected chi connectivity index (χ2v) is 5.09. The first kappa shape index (κ1) is 17.0. The number of halogens is 1. The van der Waals surface area contributed by atoms with Gasteiger partial charge in [0.25, 0.3) is 5.89 Å². The molecule has 0 saturated heterocycles. The van der Waals surface area contributed by atoms with E-state index in [0.29, 0.717) is 13.2 Å². The van der Waals surface area contributed by atoms with Crippen molar-refractivity contribution in [3.05, 3.63) is 40.3 Å². The van der Waals surface area contributed by atoms with Crippen LogP contribution in [0, 0.1) is 0 Å². The summed E-state index contributed by atoms with van der Waals surface area (Å²) in [6.45, 7) is 4.71. The van der Waals surface area contributed by atoms with Crippen LogP contribution in [0.5, 0.6) is 11.7 Å². The average Bonchev–Trinajstić information content (AvgIpc) is 3.00. The number of benzene rings is 1. The van der Waals surface area contributed by atoms with Crippen LogP contribution < -0.4 is 14.9 Å². The summed E-state index contributed by atoms with van der Waals surface area (Å²) in [5, 5.41) is 3.88. The fourth-order valence-electron chi connectivity index (χ4n) is 1.66. The fraction of sp³-hybridized carbons (Fsp3) is 0.267. The maximum Gasteiger partial charge on any atom is 0.327 e. The van der Waals surface area contributed by atoms with Crippen LogP contribution in [-0.2, 0) is 0 Å². The highest BCUT2D eigenvalue weighted by Gasteiger charge is 2.12. The molecule has 0 unspecified atom stereocenters. The van der Waals surface area contributed by atoms with Crippen molar-refractivity contribution in [1.29, 1.82) is 0 Å². The highest BCUT2D eigenvalue weighted by Crippen LogP contribution is 2.21. The third kappa shape index (κ3) is 4.82. The van der Waals surface area contributed by atoms with Gasteiger partial charge in [0.05, 0.1) is 19.4 Å². The second kappa shape index (κ2) is 8.33. The minimum absolute atomic E-state index is 0.118. The van der Waals surface area contributed by atoms with Crippen molar-refractivity contribution < 1.29 is 18.7 Å². The number of oxazole rings is 1. The molecule has 0 saturated carbocycles. The van der Waals surface area contributed by atoms with Gasteiger partial charge in [-0.05, 0) is 32.0 Å². The lowest BCUT2D eigenvalue weighted by molar-refractivity contribution is 0.0912. The summed E-state index contributed by atoms with van der Waals surface area (Å²) in [6.07, 6.45) is 2.83. The minimum atomic E-state index is -0.565. The van der Waals surface area contributed by atoms with E-state index < -0.39 is 5.91 Å². The molecule has 0 spiro atoms. The molecule has 122 valence electrons. The molecule has 1 heterocycles. The van der Waals surface area contributed by atoms with Gasteiger partial charge in [0.1, 0.15) is 11.9 Å². The molecule has 0 atom stereocenters. The van der Waals surface area contributed by atoms with E-state index in [4.69, 9.17) is 13.9 Å². The van der Waals surface area contributed by atoms with Gasteiger partial charge < -0.3 is 13.9 Å². The van der Waals surface area contributed by atoms with Crippen LogP contribution in [0.1, 0.15) is 30.1 Å². The lowest BCUT2D eigenvalue weighted by Crippen LogP contribution is -2.17. The monoisotopic (exact) mass is 381 g/mol. The summed E-state index contributed by atoms with van der Waals surface area (Å²) >= 11 is 3.41. The van der Waals surface area contributed by atoms with Crippen LogP contribution in [0.15, 0.2) is 38.4 Å². The smallest absolute Gasteiger partial charge is 0.327 e. The van der Waals surface area contributed by atoms with Crippen LogP contribution in [0.4, 0.5) is 0 Å². The van der Waals surface area contributed by atoms with Gasteiger partial charge in [0.2, 0.25) is 0 Å². The van der Waals surface area contributed by atoms with E-state index in [0.717, 1.165) is 15.8 Å². The summed E-state index contributed by atoms with van der Waals surface area (Å²) in [4.78, 5) is 15.6. The van der Waals surface area contributed by atoms with Crippen molar-refractivity contribution in [1.82, 2.24) is 10.4 Å². The Bertz CT molecular complexity index is 700. The van der Waals surface area contributed by atoms with Crippen LogP contribution in [-0.4, -0.2) is 30.3 Å². The standard InChI is InChI=1S/C15H16BrN3O4/c1-3-21-11-5-6-12(16)10(7-11)8-18-19-14(20)15-17-9-13(23-15)22-4-2/h5-9H,3-4H2,1-2H3,(H,19,20). The Morgan fingerprint density at radius 2 is 2.17 bits per heavy atom. The third-order valence-corrected chi connectivity index (χ3v) is 3.34. The van der Waals surface area contributed by atoms with Gasteiger partial charge in [-0.25, -0.2) is 10.4 Å². The number of nitrogens with zero attached hydrogens (tertiary/aromatic N) is 2. The molecule has 1 aromatic heterocycles. The third-order valence-electron chi connectivity index (χ3n) is 2.61. The lowest BCUT2D eigenvalue weighted by Gasteiger charge is -2.05. The molecule has 0 fully saturated rings. The maximum absolute atomic E-state index is 11.8. The fourth-order valence-corrected chi connectivity index (χ4v) is 2.01. The summed E-state index contributed by atoms with van der Waals surface area (Å²) < 4.78 is 16.5. The van der Waals surface area contributed by atoms with Crippen molar-refractivity contribution in [2.45, 2.75) is 13.8 Å². The zero-order chi connectivity index (χ0) is 16.7. The molecular weight excluding hydrogens is 366 g/mol. The largest absolute Gasteiger partial charge is 0.494 e. The van der Waals surface area contributed by atoms with Gasteiger partial charge in [-0.2, -0.15) is 5.10 Å². The van der Waals surface area contributed by atoms with E-state index in [2.05, 4.69) is 31.4 Å². The van der Waals surface area contributed by atoms with E-state index in [-0.39, 0.29) is 11.8 Å². The number of hydrogen-bond donors (Lipinski definition) is 1. The van der Waals surface area contributed by atoms with Crippen molar-refractivity contribution in [2.75, 3.05) is 13.2 Å². The van der Waals surface area contributed by atoms with Crippen molar-refractivity contribution in [3.8, 4) is 11.7 Å². The Morgan fingerprint density at radius 3 is 2.91 bits per heavy atom. The molecule has 0 radical (unpaired) electrons. The first-order valence-corrected chi connectivity index (χ1v) is 7.77. The maximum atomic E-state index is 11.8. The van der Waals surface area contributed by atoms with Crippen molar-refractivity contribution in [2.24, 2.45) is 5.10 Å². The second-order valence-electron chi connectivity index (χ2n) is 4.23. The number of ether oxygens (including phenoxy) is 2. The Balaban J connectivity index is 2.00. The molecule has 2 rings (SSSR count). The van der Waals surface area contributed by atoms with Gasteiger partial charge in [-0.3, -0.25) is 4.79 Å². The SMILES string of the molecule is CCOc1ccc(Br)c(C=NNC(=O)c2ncc(OCC)o2)c1. The molecule has 8 heteroatoms. The van der Waals surface area contributed by atoms with Crippen molar-refractivity contribution >= 4 is 28.1 Å². The zero-order valence-corrected chi connectivity index (χ0v) is 14.3. The summed E-state index contributed by atoms with van der Waals surface area (Å²) in [6, 6.07) is 5.49. The van der Waals surface area contributed by atoms with E-state index in [1.165, 1.54) is 12.4 Å². The Hall–Kier alpha value is -2.35. The van der Waals surface area contributed by atoms with E-state index in [9.17, 15) is 4.79 Å². The molecule has 0 aliphatic carbocycles. The van der Waals surface area contributed by atoms with Crippen LogP contribution in [0.3, 0.4) is 0 Å². The minimum Gasteiger partial charge on any atom is -0.494 e. The molecule has 0 bridgehead atoms. The lowest BCUT2D eigenvalue weighted by atomic mass is 10.2. The Labute approximate surface area is 141 Å². The van der Waals surface area contributed by atoms with Crippen LogP contribution >= 0.6 is 15.9 Å². The number of aromatic nitrogens is 1. The zero-order valence-electron chi connectivity index (χ0n) is 12.7. The number of rotatable bonds is 7. The van der Waals surface area contributed by atoms with Gasteiger partial charge in [-0.1, -0.05) is 15.9 Å². The molecule has 1 amide bonds. The Morgan fingerprint density at radius 1 is 1.39 bits per heavy atom. The summed E-state index contributed by atoms with van der Waals surface area (Å²) in [5.74, 6) is 0.225. The highest BCUT2D eigenvalue weighted by molar-refractivity contribution is 9.10. The van der Waals surface area contributed by atoms with E-state index >= 15 is 0 Å². The van der Waals surface area contributed by atoms with Gasteiger partial charge >= 0.3 is 11.9 Å². The predicted molar refractivity (Wildman–Crippen MR) is 88.0 cm³/mol. The number of hydrazone groups is 1. The summed E-state index contributed by atoms with van der Waals surface area (Å²) in [5.41, 5.74) is 3.10. The number of carbonyl (C=O) groups excluding carboxylic acids is 1. The van der Waals surface area contributed by atoms with E-state index in [1.807, 2.05) is 25.1 Å². The number of nitrogens with one attached hydrogen (secondary N) is 1.